The standard InChI is InChI=1S/C9H9BrO/c1-11-9(10)7-8-5-3-2-4-6-8/h2-7H,1H3. The summed E-state index contributed by atoms with van der Waals surface area (Å²) in [7, 11) is 1.63. The Morgan fingerprint density at radius 3 is 2.55 bits per heavy atom. The SMILES string of the molecule is COC(Br)=Cc1ccccc1. The van der Waals surface area contributed by atoms with Crippen LogP contribution >= 0.6 is 15.9 Å². The lowest BCUT2D eigenvalue weighted by Crippen LogP contribution is -1.75. The van der Waals surface area contributed by atoms with Crippen molar-refractivity contribution in [3.05, 3.63) is 40.6 Å². The van der Waals surface area contributed by atoms with Gasteiger partial charge in [0.2, 0.25) is 0 Å². The minimum absolute atomic E-state index is 0.740. The van der Waals surface area contributed by atoms with Crippen molar-refractivity contribution in [2.45, 2.75) is 0 Å². The molecule has 0 saturated heterocycles. The Labute approximate surface area is 74.8 Å². The van der Waals surface area contributed by atoms with Crippen molar-refractivity contribution in [1.29, 1.82) is 0 Å². The number of methoxy groups -OCH3 is 1. The van der Waals surface area contributed by atoms with Crippen LogP contribution in [-0.4, -0.2) is 7.11 Å². The van der Waals surface area contributed by atoms with Gasteiger partial charge in [-0.1, -0.05) is 30.3 Å². The first-order valence-electron chi connectivity index (χ1n) is 3.29. The normalized spacial score (nSPS) is 11.3. The van der Waals surface area contributed by atoms with Crippen LogP contribution in [-0.2, 0) is 4.74 Å². The number of rotatable bonds is 2. The van der Waals surface area contributed by atoms with Gasteiger partial charge in [-0.05, 0) is 27.6 Å². The summed E-state index contributed by atoms with van der Waals surface area (Å²) in [6, 6.07) is 9.99. The molecule has 0 amide bonds. The zero-order valence-electron chi connectivity index (χ0n) is 6.25. The Kier molecular flexibility index (Phi) is 3.17. The molecule has 0 radical (unpaired) electrons. The number of benzene rings is 1. The molecule has 1 nitrogen and oxygen atoms in total. The quantitative estimate of drug-likeness (QED) is 0.686. The smallest absolute Gasteiger partial charge is 0.162 e. The summed E-state index contributed by atoms with van der Waals surface area (Å²) >= 11 is 3.25. The third kappa shape index (κ3) is 2.76. The third-order valence-corrected chi connectivity index (χ3v) is 1.83. The zero-order valence-corrected chi connectivity index (χ0v) is 7.84. The lowest BCUT2D eigenvalue weighted by atomic mass is 10.2. The molecule has 0 atom stereocenters. The molecule has 1 aromatic rings. The molecule has 0 aliphatic heterocycles. The van der Waals surface area contributed by atoms with Gasteiger partial charge < -0.3 is 4.74 Å². The molecular formula is C9H9BrO. The Morgan fingerprint density at radius 1 is 1.36 bits per heavy atom. The third-order valence-electron chi connectivity index (χ3n) is 1.27. The second-order valence-corrected chi connectivity index (χ2v) is 2.84. The first-order chi connectivity index (χ1) is 5.33. The van der Waals surface area contributed by atoms with E-state index in [-0.39, 0.29) is 0 Å². The average Bonchev–Trinajstić information content (AvgIpc) is 2.06. The van der Waals surface area contributed by atoms with Gasteiger partial charge in [0.15, 0.2) is 4.67 Å². The maximum atomic E-state index is 4.93. The Bertz CT molecular complexity index is 241. The van der Waals surface area contributed by atoms with E-state index in [9.17, 15) is 0 Å². The summed E-state index contributed by atoms with van der Waals surface area (Å²) in [6.07, 6.45) is 1.92. The van der Waals surface area contributed by atoms with Crippen molar-refractivity contribution in [2.24, 2.45) is 0 Å². The molecule has 1 rings (SSSR count). The lowest BCUT2D eigenvalue weighted by Gasteiger charge is -1.95. The molecule has 0 fully saturated rings. The fourth-order valence-corrected chi connectivity index (χ4v) is 1.00. The number of hydrogen-bond donors (Lipinski definition) is 0. The van der Waals surface area contributed by atoms with Crippen molar-refractivity contribution >= 4 is 22.0 Å². The predicted octanol–water partition coefficient (Wildman–Crippen LogP) is 3.03. The van der Waals surface area contributed by atoms with Gasteiger partial charge in [0.05, 0.1) is 7.11 Å². The average molecular weight is 213 g/mol. The molecule has 0 aliphatic carbocycles. The van der Waals surface area contributed by atoms with Crippen molar-refractivity contribution < 1.29 is 4.74 Å². The van der Waals surface area contributed by atoms with Crippen LogP contribution < -0.4 is 0 Å². The Morgan fingerprint density at radius 2 is 2.00 bits per heavy atom. The molecule has 0 N–H and O–H groups in total. The predicted molar refractivity (Wildman–Crippen MR) is 50.4 cm³/mol. The van der Waals surface area contributed by atoms with Gasteiger partial charge in [0, 0.05) is 0 Å². The molecule has 0 aliphatic rings. The highest BCUT2D eigenvalue weighted by Crippen LogP contribution is 2.11. The summed E-state index contributed by atoms with van der Waals surface area (Å²) < 4.78 is 5.67. The van der Waals surface area contributed by atoms with E-state index >= 15 is 0 Å². The molecule has 1 aromatic carbocycles. The molecule has 0 aromatic heterocycles. The maximum Gasteiger partial charge on any atom is 0.162 e. The second-order valence-electron chi connectivity index (χ2n) is 2.06. The molecule has 0 spiro atoms. The van der Waals surface area contributed by atoms with Crippen LogP contribution in [0.25, 0.3) is 6.08 Å². The van der Waals surface area contributed by atoms with Gasteiger partial charge in [-0.3, -0.25) is 0 Å². The van der Waals surface area contributed by atoms with Crippen LogP contribution in [0.4, 0.5) is 0 Å². The molecule has 58 valence electrons. The van der Waals surface area contributed by atoms with Gasteiger partial charge in [0.25, 0.3) is 0 Å². The summed E-state index contributed by atoms with van der Waals surface area (Å²) in [5.74, 6) is 0. The molecule has 11 heavy (non-hydrogen) atoms. The van der Waals surface area contributed by atoms with Crippen LogP contribution in [0.15, 0.2) is 35.0 Å². The van der Waals surface area contributed by atoms with E-state index in [2.05, 4.69) is 15.9 Å². The number of hydrogen-bond acceptors (Lipinski definition) is 1. The van der Waals surface area contributed by atoms with E-state index in [0.717, 1.165) is 10.2 Å². The van der Waals surface area contributed by atoms with Crippen LogP contribution in [0.3, 0.4) is 0 Å². The maximum absolute atomic E-state index is 4.93. The summed E-state index contributed by atoms with van der Waals surface area (Å²) in [5.41, 5.74) is 1.13. The van der Waals surface area contributed by atoms with Crippen LogP contribution in [0, 0.1) is 0 Å². The number of halogens is 1. The summed E-state index contributed by atoms with van der Waals surface area (Å²) in [6.45, 7) is 0. The van der Waals surface area contributed by atoms with E-state index in [1.165, 1.54) is 0 Å². The molecular weight excluding hydrogens is 204 g/mol. The van der Waals surface area contributed by atoms with Gasteiger partial charge >= 0.3 is 0 Å². The summed E-state index contributed by atoms with van der Waals surface area (Å²) in [4.78, 5) is 0. The Balaban J connectivity index is 2.79. The highest BCUT2D eigenvalue weighted by molar-refractivity contribution is 9.11. The van der Waals surface area contributed by atoms with Gasteiger partial charge in [-0.25, -0.2) is 0 Å². The minimum Gasteiger partial charge on any atom is -0.490 e. The fourth-order valence-electron chi connectivity index (χ4n) is 0.739. The van der Waals surface area contributed by atoms with Gasteiger partial charge in [-0.15, -0.1) is 0 Å². The topological polar surface area (TPSA) is 9.23 Å². The second kappa shape index (κ2) is 4.19. The largest absolute Gasteiger partial charge is 0.490 e. The number of ether oxygens (including phenoxy) is 1. The van der Waals surface area contributed by atoms with Crippen molar-refractivity contribution in [3.63, 3.8) is 0 Å². The van der Waals surface area contributed by atoms with E-state index in [1.807, 2.05) is 36.4 Å². The highest BCUT2D eigenvalue weighted by Gasteiger charge is 1.88. The monoisotopic (exact) mass is 212 g/mol. The molecule has 0 bridgehead atoms. The molecule has 0 unspecified atom stereocenters. The lowest BCUT2D eigenvalue weighted by molar-refractivity contribution is 0.331. The van der Waals surface area contributed by atoms with E-state index in [1.54, 1.807) is 7.11 Å². The first kappa shape index (κ1) is 8.34. The zero-order chi connectivity index (χ0) is 8.10. The van der Waals surface area contributed by atoms with E-state index in [0.29, 0.717) is 0 Å². The van der Waals surface area contributed by atoms with Crippen molar-refractivity contribution in [3.8, 4) is 0 Å². The minimum atomic E-state index is 0.740. The fraction of sp³-hybridized carbons (Fsp3) is 0.111. The molecule has 0 heterocycles. The highest BCUT2D eigenvalue weighted by atomic mass is 79.9. The molecule has 2 heteroatoms. The van der Waals surface area contributed by atoms with E-state index < -0.39 is 0 Å². The molecule has 0 saturated carbocycles. The van der Waals surface area contributed by atoms with E-state index in [4.69, 9.17) is 4.74 Å². The van der Waals surface area contributed by atoms with Gasteiger partial charge in [-0.2, -0.15) is 0 Å². The van der Waals surface area contributed by atoms with Gasteiger partial charge in [0.1, 0.15) is 0 Å². The first-order valence-corrected chi connectivity index (χ1v) is 4.08. The van der Waals surface area contributed by atoms with Crippen LogP contribution in [0.1, 0.15) is 5.56 Å². The Hall–Kier alpha value is -0.760. The van der Waals surface area contributed by atoms with Crippen LogP contribution in [0.2, 0.25) is 0 Å². The summed E-state index contributed by atoms with van der Waals surface area (Å²) in [5, 5.41) is 0. The van der Waals surface area contributed by atoms with Crippen molar-refractivity contribution in [2.75, 3.05) is 7.11 Å². The van der Waals surface area contributed by atoms with Crippen LogP contribution in [0.5, 0.6) is 0 Å². The van der Waals surface area contributed by atoms with Crippen molar-refractivity contribution in [1.82, 2.24) is 0 Å².